The summed E-state index contributed by atoms with van der Waals surface area (Å²) < 4.78 is 18.9. The number of halogens is 1. The molecule has 0 unspecified atom stereocenters. The van der Waals surface area contributed by atoms with E-state index in [4.69, 9.17) is 4.42 Å². The molecular formula is C24H28FN3O2. The molecule has 0 saturated heterocycles. The molecule has 0 saturated carbocycles. The van der Waals surface area contributed by atoms with E-state index in [0.717, 1.165) is 5.56 Å². The molecule has 1 heterocycles. The number of amides is 1. The lowest BCUT2D eigenvalue weighted by atomic mass is 10.0. The molecule has 1 N–H and O–H groups in total. The summed E-state index contributed by atoms with van der Waals surface area (Å²) in [7, 11) is 0. The number of benzene rings is 2. The number of rotatable bonds is 8. The number of aromatic nitrogens is 1. The topological polar surface area (TPSA) is 58.4 Å². The first kappa shape index (κ1) is 21.7. The maximum absolute atomic E-state index is 13.3. The molecule has 30 heavy (non-hydrogen) atoms. The first-order chi connectivity index (χ1) is 14.3. The number of carbonyl (C=O) groups excluding carboxylic acids is 1. The van der Waals surface area contributed by atoms with Crippen molar-refractivity contribution in [1.82, 2.24) is 15.2 Å². The molecule has 2 aromatic carbocycles. The van der Waals surface area contributed by atoms with Gasteiger partial charge < -0.3 is 9.73 Å². The highest BCUT2D eigenvalue weighted by Crippen LogP contribution is 2.18. The van der Waals surface area contributed by atoms with Crippen LogP contribution >= 0.6 is 0 Å². The summed E-state index contributed by atoms with van der Waals surface area (Å²) in [4.78, 5) is 18.7. The van der Waals surface area contributed by atoms with Gasteiger partial charge in [-0.15, -0.1) is 0 Å². The third-order valence-corrected chi connectivity index (χ3v) is 4.78. The maximum Gasteiger partial charge on any atom is 0.273 e. The van der Waals surface area contributed by atoms with Gasteiger partial charge in [0.2, 0.25) is 5.89 Å². The van der Waals surface area contributed by atoms with Gasteiger partial charge in [0.25, 0.3) is 5.91 Å². The molecule has 0 aliphatic rings. The molecule has 0 radical (unpaired) electrons. The molecule has 6 heteroatoms. The highest BCUT2D eigenvalue weighted by molar-refractivity contribution is 5.92. The lowest BCUT2D eigenvalue weighted by Crippen LogP contribution is -2.30. The second-order valence-corrected chi connectivity index (χ2v) is 7.96. The third-order valence-electron chi connectivity index (χ3n) is 4.78. The van der Waals surface area contributed by atoms with Crippen molar-refractivity contribution in [2.24, 2.45) is 0 Å². The quantitative estimate of drug-likeness (QED) is 0.582. The van der Waals surface area contributed by atoms with Crippen LogP contribution in [0.2, 0.25) is 0 Å². The van der Waals surface area contributed by atoms with Crippen LogP contribution in [0, 0.1) is 19.7 Å². The minimum atomic E-state index is -0.256. The molecule has 158 valence electrons. The van der Waals surface area contributed by atoms with Gasteiger partial charge in [-0.3, -0.25) is 9.69 Å². The summed E-state index contributed by atoms with van der Waals surface area (Å²) >= 11 is 0. The predicted octanol–water partition coefficient (Wildman–Crippen LogP) is 4.77. The van der Waals surface area contributed by atoms with Crippen molar-refractivity contribution >= 4 is 5.91 Å². The van der Waals surface area contributed by atoms with Crippen molar-refractivity contribution in [3.63, 3.8) is 0 Å². The van der Waals surface area contributed by atoms with Crippen molar-refractivity contribution in [2.75, 3.05) is 0 Å². The van der Waals surface area contributed by atoms with E-state index in [2.05, 4.69) is 47.2 Å². The van der Waals surface area contributed by atoms with Crippen LogP contribution in [0.3, 0.4) is 0 Å². The standard InChI is InChI=1S/C24H28FN3O2/c1-16(2)26-24(29)22-15-30-23(27-22)14-28(12-19-7-9-21(25)10-8-19)13-20-11-17(3)5-6-18(20)4/h5-11,15-16H,12-14H2,1-4H3,(H,26,29). The zero-order valence-corrected chi connectivity index (χ0v) is 17.9. The van der Waals surface area contributed by atoms with Crippen LogP contribution < -0.4 is 5.32 Å². The Bertz CT molecular complexity index is 996. The predicted molar refractivity (Wildman–Crippen MR) is 114 cm³/mol. The Kier molecular flexibility index (Phi) is 7.00. The summed E-state index contributed by atoms with van der Waals surface area (Å²) in [6.07, 6.45) is 1.39. The fraction of sp³-hybridized carbons (Fsp3) is 0.333. The Morgan fingerprint density at radius 3 is 2.53 bits per heavy atom. The van der Waals surface area contributed by atoms with Gasteiger partial charge in [0.05, 0.1) is 6.54 Å². The summed E-state index contributed by atoms with van der Waals surface area (Å²) in [5.74, 6) is -0.0377. The monoisotopic (exact) mass is 409 g/mol. The number of hydrogen-bond acceptors (Lipinski definition) is 4. The average Bonchev–Trinajstić information content (AvgIpc) is 3.15. The van der Waals surface area contributed by atoms with E-state index in [1.165, 1.54) is 35.1 Å². The van der Waals surface area contributed by atoms with Gasteiger partial charge in [-0.1, -0.05) is 35.9 Å². The molecule has 3 aromatic rings. The molecule has 1 aromatic heterocycles. The number of oxazole rings is 1. The minimum Gasteiger partial charge on any atom is -0.447 e. The summed E-state index contributed by atoms with van der Waals surface area (Å²) in [5, 5.41) is 2.81. The number of aryl methyl sites for hydroxylation is 2. The van der Waals surface area contributed by atoms with E-state index < -0.39 is 0 Å². The summed E-state index contributed by atoms with van der Waals surface area (Å²) in [6, 6.07) is 12.9. The van der Waals surface area contributed by atoms with Gasteiger partial charge in [0.15, 0.2) is 5.69 Å². The maximum atomic E-state index is 13.3. The normalized spacial score (nSPS) is 11.3. The van der Waals surface area contributed by atoms with Gasteiger partial charge >= 0.3 is 0 Å². The van der Waals surface area contributed by atoms with E-state index in [9.17, 15) is 9.18 Å². The Labute approximate surface area is 176 Å². The van der Waals surface area contributed by atoms with Crippen molar-refractivity contribution in [2.45, 2.75) is 53.4 Å². The van der Waals surface area contributed by atoms with E-state index in [-0.39, 0.29) is 23.5 Å². The highest BCUT2D eigenvalue weighted by Gasteiger charge is 2.17. The average molecular weight is 410 g/mol. The number of nitrogens with one attached hydrogen (secondary N) is 1. The number of nitrogens with zero attached hydrogens (tertiary/aromatic N) is 2. The molecular weight excluding hydrogens is 381 g/mol. The summed E-state index contributed by atoms with van der Waals surface area (Å²) in [6.45, 7) is 9.66. The first-order valence-electron chi connectivity index (χ1n) is 10.1. The lowest BCUT2D eigenvalue weighted by molar-refractivity contribution is 0.0938. The smallest absolute Gasteiger partial charge is 0.273 e. The molecule has 5 nitrogen and oxygen atoms in total. The fourth-order valence-corrected chi connectivity index (χ4v) is 3.24. The summed E-state index contributed by atoms with van der Waals surface area (Å²) in [5.41, 5.74) is 4.87. The van der Waals surface area contributed by atoms with Crippen LogP contribution in [-0.2, 0) is 19.6 Å². The molecule has 3 rings (SSSR count). The van der Waals surface area contributed by atoms with Crippen LogP contribution in [-0.4, -0.2) is 21.8 Å². The van der Waals surface area contributed by atoms with E-state index in [0.29, 0.717) is 25.5 Å². The van der Waals surface area contributed by atoms with Gasteiger partial charge in [-0.05, 0) is 56.5 Å². The minimum absolute atomic E-state index is 0.0249. The molecule has 0 spiro atoms. The van der Waals surface area contributed by atoms with E-state index >= 15 is 0 Å². The molecule has 0 atom stereocenters. The third kappa shape index (κ3) is 6.00. The number of carbonyl (C=O) groups is 1. The van der Waals surface area contributed by atoms with Gasteiger partial charge in [0.1, 0.15) is 12.1 Å². The Hall–Kier alpha value is -2.99. The highest BCUT2D eigenvalue weighted by atomic mass is 19.1. The van der Waals surface area contributed by atoms with E-state index in [1.54, 1.807) is 12.1 Å². The van der Waals surface area contributed by atoms with Crippen LogP contribution in [0.1, 0.15) is 52.5 Å². The van der Waals surface area contributed by atoms with Gasteiger partial charge in [-0.2, -0.15) is 0 Å². The van der Waals surface area contributed by atoms with Gasteiger partial charge in [0, 0.05) is 19.1 Å². The second-order valence-electron chi connectivity index (χ2n) is 7.96. The van der Waals surface area contributed by atoms with Crippen LogP contribution in [0.25, 0.3) is 0 Å². The van der Waals surface area contributed by atoms with Crippen molar-refractivity contribution in [3.8, 4) is 0 Å². The largest absolute Gasteiger partial charge is 0.447 e. The first-order valence-corrected chi connectivity index (χ1v) is 10.1. The zero-order valence-electron chi connectivity index (χ0n) is 17.9. The van der Waals surface area contributed by atoms with Crippen LogP contribution in [0.5, 0.6) is 0 Å². The van der Waals surface area contributed by atoms with Gasteiger partial charge in [-0.25, -0.2) is 9.37 Å². The van der Waals surface area contributed by atoms with E-state index in [1.807, 2.05) is 13.8 Å². The Morgan fingerprint density at radius 2 is 1.83 bits per heavy atom. The van der Waals surface area contributed by atoms with Crippen molar-refractivity contribution in [3.05, 3.63) is 88.4 Å². The fourth-order valence-electron chi connectivity index (χ4n) is 3.24. The van der Waals surface area contributed by atoms with Crippen LogP contribution in [0.4, 0.5) is 4.39 Å². The Balaban J connectivity index is 1.80. The van der Waals surface area contributed by atoms with Crippen LogP contribution in [0.15, 0.2) is 53.1 Å². The lowest BCUT2D eigenvalue weighted by Gasteiger charge is -2.22. The Morgan fingerprint density at radius 1 is 1.10 bits per heavy atom. The zero-order chi connectivity index (χ0) is 21.7. The molecule has 1 amide bonds. The second kappa shape index (κ2) is 9.67. The molecule has 0 aliphatic carbocycles. The SMILES string of the molecule is Cc1ccc(C)c(CN(Cc2ccc(F)cc2)Cc2nc(C(=O)NC(C)C)co2)c1. The van der Waals surface area contributed by atoms with Crippen molar-refractivity contribution in [1.29, 1.82) is 0 Å². The molecule has 0 bridgehead atoms. The number of hydrogen-bond donors (Lipinski definition) is 1. The van der Waals surface area contributed by atoms with Crippen molar-refractivity contribution < 1.29 is 13.6 Å². The molecule has 0 aliphatic heterocycles. The molecule has 0 fully saturated rings.